The van der Waals surface area contributed by atoms with E-state index in [1.807, 2.05) is 6.07 Å². The largest absolute Gasteiger partial charge is 0.253 e. The maximum Gasteiger partial charge on any atom is 0.0711 e. The molecular formula is C20H19N. The maximum atomic E-state index is 4.78. The van der Waals surface area contributed by atoms with Crippen LogP contribution >= 0.6 is 0 Å². The summed E-state index contributed by atoms with van der Waals surface area (Å²) in [6, 6.07) is 23.4. The number of rotatable bonds is 3. The minimum atomic E-state index is 0.944. The fourth-order valence-electron chi connectivity index (χ4n) is 2.44. The van der Waals surface area contributed by atoms with Crippen LogP contribution in [0.25, 0.3) is 22.4 Å². The van der Waals surface area contributed by atoms with Gasteiger partial charge in [-0.05, 0) is 36.6 Å². The molecule has 0 fully saturated rings. The van der Waals surface area contributed by atoms with Crippen molar-refractivity contribution in [2.45, 2.75) is 20.3 Å². The van der Waals surface area contributed by atoms with Gasteiger partial charge < -0.3 is 0 Å². The lowest BCUT2D eigenvalue weighted by Gasteiger charge is -2.09. The van der Waals surface area contributed by atoms with Crippen molar-refractivity contribution < 1.29 is 0 Å². The van der Waals surface area contributed by atoms with Gasteiger partial charge in [-0.25, -0.2) is 0 Å². The highest BCUT2D eigenvalue weighted by Gasteiger charge is 2.06. The second kappa shape index (κ2) is 5.92. The Kier molecular flexibility index (Phi) is 3.83. The molecule has 3 aromatic rings. The molecule has 0 bridgehead atoms. The Morgan fingerprint density at radius 2 is 1.48 bits per heavy atom. The van der Waals surface area contributed by atoms with Gasteiger partial charge in [0.25, 0.3) is 0 Å². The molecule has 0 saturated carbocycles. The molecular weight excluding hydrogens is 254 g/mol. The number of benzene rings is 2. The average molecular weight is 273 g/mol. The highest BCUT2D eigenvalue weighted by Crippen LogP contribution is 2.26. The van der Waals surface area contributed by atoms with Crippen molar-refractivity contribution in [1.82, 2.24) is 4.98 Å². The Balaban J connectivity index is 2.11. The molecule has 0 aliphatic carbocycles. The first-order chi connectivity index (χ1) is 10.3. The van der Waals surface area contributed by atoms with Gasteiger partial charge in [0.05, 0.1) is 5.69 Å². The van der Waals surface area contributed by atoms with E-state index in [0.717, 1.165) is 17.8 Å². The molecule has 1 heteroatoms. The molecule has 0 saturated heterocycles. The third-order valence-electron chi connectivity index (χ3n) is 3.70. The Bertz CT molecular complexity index is 728. The summed E-state index contributed by atoms with van der Waals surface area (Å²) in [6.45, 7) is 4.26. The third-order valence-corrected chi connectivity index (χ3v) is 3.70. The van der Waals surface area contributed by atoms with Gasteiger partial charge in [-0.2, -0.15) is 0 Å². The molecule has 21 heavy (non-hydrogen) atoms. The standard InChI is InChI=1S/C20H19N/c1-3-19-13-18(16-7-5-4-6-8-16)14-20(21-19)17-11-9-15(2)10-12-17/h4-14H,3H2,1-2H3. The minimum Gasteiger partial charge on any atom is -0.253 e. The number of aryl methyl sites for hydroxylation is 2. The van der Waals surface area contributed by atoms with Crippen LogP contribution in [0, 0.1) is 6.92 Å². The SMILES string of the molecule is CCc1cc(-c2ccccc2)cc(-c2ccc(C)cc2)n1. The highest BCUT2D eigenvalue weighted by atomic mass is 14.7. The van der Waals surface area contributed by atoms with Crippen LogP contribution < -0.4 is 0 Å². The summed E-state index contributed by atoms with van der Waals surface area (Å²) in [5.74, 6) is 0. The number of nitrogens with zero attached hydrogens (tertiary/aromatic N) is 1. The molecule has 0 atom stereocenters. The van der Waals surface area contributed by atoms with E-state index in [1.165, 1.54) is 22.3 Å². The van der Waals surface area contributed by atoms with E-state index >= 15 is 0 Å². The van der Waals surface area contributed by atoms with Crippen molar-refractivity contribution in [3.05, 3.63) is 78.0 Å². The number of aromatic nitrogens is 1. The van der Waals surface area contributed by atoms with Crippen LogP contribution in [-0.2, 0) is 6.42 Å². The molecule has 3 rings (SSSR count). The van der Waals surface area contributed by atoms with Gasteiger partial charge >= 0.3 is 0 Å². The molecule has 104 valence electrons. The first-order valence-electron chi connectivity index (χ1n) is 7.39. The monoisotopic (exact) mass is 273 g/mol. The van der Waals surface area contributed by atoms with E-state index in [1.54, 1.807) is 0 Å². The van der Waals surface area contributed by atoms with Crippen LogP contribution in [0.15, 0.2) is 66.7 Å². The van der Waals surface area contributed by atoms with Crippen molar-refractivity contribution in [2.24, 2.45) is 0 Å². The molecule has 0 radical (unpaired) electrons. The minimum absolute atomic E-state index is 0.944. The second-order valence-electron chi connectivity index (χ2n) is 5.32. The zero-order valence-electron chi connectivity index (χ0n) is 12.5. The Morgan fingerprint density at radius 3 is 2.14 bits per heavy atom. The van der Waals surface area contributed by atoms with Gasteiger partial charge in [-0.3, -0.25) is 4.98 Å². The van der Waals surface area contributed by atoms with Gasteiger partial charge in [-0.1, -0.05) is 67.1 Å². The second-order valence-corrected chi connectivity index (χ2v) is 5.32. The fraction of sp³-hybridized carbons (Fsp3) is 0.150. The van der Waals surface area contributed by atoms with Gasteiger partial charge in [0.2, 0.25) is 0 Å². The fourth-order valence-corrected chi connectivity index (χ4v) is 2.44. The lowest BCUT2D eigenvalue weighted by molar-refractivity contribution is 1.04. The first kappa shape index (κ1) is 13.6. The van der Waals surface area contributed by atoms with Crippen molar-refractivity contribution in [3.63, 3.8) is 0 Å². The quantitative estimate of drug-likeness (QED) is 0.632. The van der Waals surface area contributed by atoms with Gasteiger partial charge in [-0.15, -0.1) is 0 Å². The third kappa shape index (κ3) is 3.03. The molecule has 1 nitrogen and oxygen atoms in total. The van der Waals surface area contributed by atoms with Crippen molar-refractivity contribution in [1.29, 1.82) is 0 Å². The summed E-state index contributed by atoms with van der Waals surface area (Å²) < 4.78 is 0. The summed E-state index contributed by atoms with van der Waals surface area (Å²) in [7, 11) is 0. The molecule has 0 aliphatic heterocycles. The van der Waals surface area contributed by atoms with E-state index in [-0.39, 0.29) is 0 Å². The molecule has 2 aromatic carbocycles. The molecule has 0 N–H and O–H groups in total. The van der Waals surface area contributed by atoms with Crippen molar-refractivity contribution in [3.8, 4) is 22.4 Å². The average Bonchev–Trinajstić information content (AvgIpc) is 2.56. The predicted molar refractivity (Wildman–Crippen MR) is 89.2 cm³/mol. The Morgan fingerprint density at radius 1 is 0.762 bits per heavy atom. The summed E-state index contributed by atoms with van der Waals surface area (Å²) in [4.78, 5) is 4.78. The zero-order valence-corrected chi connectivity index (χ0v) is 12.5. The lowest BCUT2D eigenvalue weighted by Crippen LogP contribution is -1.93. The number of hydrogen-bond donors (Lipinski definition) is 0. The molecule has 1 heterocycles. The topological polar surface area (TPSA) is 12.9 Å². The number of pyridine rings is 1. The summed E-state index contributed by atoms with van der Waals surface area (Å²) in [6.07, 6.45) is 0.944. The summed E-state index contributed by atoms with van der Waals surface area (Å²) in [5.41, 5.74) is 7.10. The normalized spacial score (nSPS) is 10.6. The van der Waals surface area contributed by atoms with Crippen molar-refractivity contribution >= 4 is 0 Å². The first-order valence-corrected chi connectivity index (χ1v) is 7.39. The molecule has 0 aliphatic rings. The Labute approximate surface area is 126 Å². The lowest BCUT2D eigenvalue weighted by atomic mass is 10.0. The maximum absolute atomic E-state index is 4.78. The van der Waals surface area contributed by atoms with E-state index in [4.69, 9.17) is 4.98 Å². The van der Waals surface area contributed by atoms with Crippen LogP contribution in [0.1, 0.15) is 18.2 Å². The van der Waals surface area contributed by atoms with Crippen LogP contribution in [0.4, 0.5) is 0 Å². The van der Waals surface area contributed by atoms with Crippen LogP contribution in [0.5, 0.6) is 0 Å². The number of hydrogen-bond acceptors (Lipinski definition) is 1. The molecule has 1 aromatic heterocycles. The van der Waals surface area contributed by atoms with Crippen LogP contribution in [0.2, 0.25) is 0 Å². The summed E-state index contributed by atoms with van der Waals surface area (Å²) >= 11 is 0. The summed E-state index contributed by atoms with van der Waals surface area (Å²) in [5, 5.41) is 0. The van der Waals surface area contributed by atoms with E-state index < -0.39 is 0 Å². The zero-order chi connectivity index (χ0) is 14.7. The predicted octanol–water partition coefficient (Wildman–Crippen LogP) is 5.29. The molecule has 0 unspecified atom stereocenters. The molecule has 0 spiro atoms. The van der Waals surface area contributed by atoms with Gasteiger partial charge in [0, 0.05) is 11.3 Å². The van der Waals surface area contributed by atoms with E-state index in [0.29, 0.717) is 0 Å². The van der Waals surface area contributed by atoms with E-state index in [9.17, 15) is 0 Å². The smallest absolute Gasteiger partial charge is 0.0711 e. The highest BCUT2D eigenvalue weighted by molar-refractivity contribution is 5.71. The van der Waals surface area contributed by atoms with Gasteiger partial charge in [0.1, 0.15) is 0 Å². The van der Waals surface area contributed by atoms with Crippen LogP contribution in [0.3, 0.4) is 0 Å². The van der Waals surface area contributed by atoms with Gasteiger partial charge in [0.15, 0.2) is 0 Å². The Hall–Kier alpha value is -2.41. The van der Waals surface area contributed by atoms with Crippen molar-refractivity contribution in [2.75, 3.05) is 0 Å². The van der Waals surface area contributed by atoms with Crippen LogP contribution in [-0.4, -0.2) is 4.98 Å². The molecule has 0 amide bonds. The van der Waals surface area contributed by atoms with E-state index in [2.05, 4.69) is 74.5 Å².